The van der Waals surface area contributed by atoms with Crippen LogP contribution in [0.2, 0.25) is 0 Å². The molecule has 214 valence electrons. The van der Waals surface area contributed by atoms with E-state index in [0.29, 0.717) is 50.1 Å². The number of carbonyl (C=O) groups is 3. The van der Waals surface area contributed by atoms with Crippen LogP contribution in [0.5, 0.6) is 5.75 Å². The third kappa shape index (κ3) is 5.51. The zero-order chi connectivity index (χ0) is 29.2. The monoisotopic (exact) mass is 554 g/mol. The normalized spacial score (nSPS) is 24.2. The summed E-state index contributed by atoms with van der Waals surface area (Å²) in [6.45, 7) is 8.79. The minimum absolute atomic E-state index is 0.0337. The average Bonchev–Trinajstić information content (AvgIpc) is 2.95. The van der Waals surface area contributed by atoms with Crippen molar-refractivity contribution in [1.82, 2.24) is 9.80 Å². The summed E-state index contributed by atoms with van der Waals surface area (Å²) >= 11 is 0. The fraction of sp³-hybridized carbons (Fsp3) is 0.382. The fourth-order valence-electron chi connectivity index (χ4n) is 7.04. The van der Waals surface area contributed by atoms with Gasteiger partial charge in [-0.05, 0) is 72.8 Å². The highest BCUT2D eigenvalue weighted by Gasteiger charge is 2.61. The lowest BCUT2D eigenvalue weighted by Gasteiger charge is -2.60. The van der Waals surface area contributed by atoms with E-state index in [1.807, 2.05) is 78.7 Å². The van der Waals surface area contributed by atoms with Crippen LogP contribution in [0.1, 0.15) is 55.5 Å². The number of hydrogen-bond acceptors (Lipinski definition) is 6. The van der Waals surface area contributed by atoms with Gasteiger partial charge in [0.05, 0.1) is 0 Å². The van der Waals surface area contributed by atoms with Gasteiger partial charge in [-0.2, -0.15) is 0 Å². The Hall–Kier alpha value is -3.97. The summed E-state index contributed by atoms with van der Waals surface area (Å²) in [5, 5.41) is 2.12. The Balaban J connectivity index is 1.54. The minimum Gasteiger partial charge on any atom is -0.457 e. The SMILES string of the molecule is C=CCN1CC[C@@]2(c3cccc(OC(C)=O)c3)C[C@H](N(C)C(=O)c3ccc4ccccc4c3)CC[C@]2(OC(C)=O)C1. The molecule has 0 bridgehead atoms. The summed E-state index contributed by atoms with van der Waals surface area (Å²) in [7, 11) is 1.87. The molecular weight excluding hydrogens is 516 g/mol. The molecular formula is C34H38N2O5. The van der Waals surface area contributed by atoms with E-state index in [-0.39, 0.29) is 17.9 Å². The van der Waals surface area contributed by atoms with Crippen molar-refractivity contribution in [3.63, 3.8) is 0 Å². The molecule has 1 aliphatic carbocycles. The van der Waals surface area contributed by atoms with Gasteiger partial charge in [0.1, 0.15) is 11.4 Å². The van der Waals surface area contributed by atoms with Crippen molar-refractivity contribution in [3.05, 3.63) is 90.5 Å². The Morgan fingerprint density at radius 1 is 1.00 bits per heavy atom. The summed E-state index contributed by atoms with van der Waals surface area (Å²) in [5.74, 6) is -0.301. The number of rotatable bonds is 7. The van der Waals surface area contributed by atoms with Crippen LogP contribution < -0.4 is 4.74 Å². The lowest BCUT2D eigenvalue weighted by Crippen LogP contribution is -2.68. The number of carbonyl (C=O) groups excluding carboxylic acids is 3. The van der Waals surface area contributed by atoms with Gasteiger partial charge < -0.3 is 14.4 Å². The first kappa shape index (κ1) is 28.6. The fourth-order valence-corrected chi connectivity index (χ4v) is 7.04. The average molecular weight is 555 g/mol. The van der Waals surface area contributed by atoms with Crippen LogP contribution in [0.15, 0.2) is 79.4 Å². The Kier molecular flexibility index (Phi) is 8.00. The molecule has 1 saturated heterocycles. The number of hydrogen-bond donors (Lipinski definition) is 0. The molecule has 5 rings (SSSR count). The molecule has 1 heterocycles. The predicted octanol–water partition coefficient (Wildman–Crippen LogP) is 5.52. The third-order valence-electron chi connectivity index (χ3n) is 8.91. The van der Waals surface area contributed by atoms with E-state index >= 15 is 0 Å². The third-order valence-corrected chi connectivity index (χ3v) is 8.91. The lowest BCUT2D eigenvalue weighted by molar-refractivity contribution is -0.188. The van der Waals surface area contributed by atoms with Crippen molar-refractivity contribution < 1.29 is 23.9 Å². The number of ether oxygens (including phenoxy) is 2. The number of fused-ring (bicyclic) bond motifs is 2. The molecule has 0 N–H and O–H groups in total. The summed E-state index contributed by atoms with van der Waals surface area (Å²) in [6, 6.07) is 21.3. The quantitative estimate of drug-likeness (QED) is 0.217. The smallest absolute Gasteiger partial charge is 0.308 e. The molecule has 0 spiro atoms. The zero-order valence-corrected chi connectivity index (χ0v) is 24.1. The van der Waals surface area contributed by atoms with Crippen LogP contribution >= 0.6 is 0 Å². The van der Waals surface area contributed by atoms with E-state index in [2.05, 4.69) is 11.5 Å². The first-order valence-electron chi connectivity index (χ1n) is 14.2. The van der Waals surface area contributed by atoms with Gasteiger partial charge in [0.25, 0.3) is 5.91 Å². The van der Waals surface area contributed by atoms with Crippen LogP contribution in [0, 0.1) is 0 Å². The molecule has 2 fully saturated rings. The first-order chi connectivity index (χ1) is 19.7. The summed E-state index contributed by atoms with van der Waals surface area (Å²) in [4.78, 5) is 42.4. The molecule has 1 amide bonds. The zero-order valence-electron chi connectivity index (χ0n) is 24.1. The number of piperidine rings is 1. The van der Waals surface area contributed by atoms with Gasteiger partial charge in [-0.1, -0.05) is 48.5 Å². The Bertz CT molecular complexity index is 1480. The van der Waals surface area contributed by atoms with E-state index in [1.54, 1.807) is 6.07 Å². The summed E-state index contributed by atoms with van der Waals surface area (Å²) in [5.41, 5.74) is 0.202. The second-order valence-electron chi connectivity index (χ2n) is 11.4. The largest absolute Gasteiger partial charge is 0.457 e. The number of amides is 1. The molecule has 0 radical (unpaired) electrons. The van der Waals surface area contributed by atoms with Gasteiger partial charge in [-0.3, -0.25) is 19.3 Å². The minimum atomic E-state index is -0.807. The van der Waals surface area contributed by atoms with E-state index in [0.717, 1.165) is 22.9 Å². The van der Waals surface area contributed by atoms with Crippen molar-refractivity contribution >= 4 is 28.6 Å². The molecule has 41 heavy (non-hydrogen) atoms. The molecule has 7 heteroatoms. The van der Waals surface area contributed by atoms with Gasteiger partial charge in [0, 0.05) is 51.0 Å². The van der Waals surface area contributed by atoms with Crippen LogP contribution in [0.25, 0.3) is 10.8 Å². The van der Waals surface area contributed by atoms with Crippen LogP contribution in [0.4, 0.5) is 0 Å². The summed E-state index contributed by atoms with van der Waals surface area (Å²) in [6.07, 6.45) is 4.49. The standard InChI is InChI=1S/C34H38N2O5/c1-5-18-36-19-17-33(29-11-8-12-31(21-29)40-24(2)37)22-30(15-16-34(33,23-36)41-25(3)38)35(4)32(39)28-14-13-26-9-6-7-10-27(26)20-28/h5-14,20-21,30H,1,15-19,22-23H2,2-4H3/t30-,33+,34+/m1/s1. The lowest BCUT2D eigenvalue weighted by atomic mass is 9.55. The van der Waals surface area contributed by atoms with Crippen molar-refractivity contribution in [1.29, 1.82) is 0 Å². The number of nitrogens with zero attached hydrogens (tertiary/aromatic N) is 2. The molecule has 0 unspecified atom stereocenters. The second-order valence-corrected chi connectivity index (χ2v) is 11.4. The highest BCUT2D eigenvalue weighted by Crippen LogP contribution is 2.55. The van der Waals surface area contributed by atoms with Gasteiger partial charge in [0.2, 0.25) is 0 Å². The Morgan fingerprint density at radius 2 is 1.78 bits per heavy atom. The maximum atomic E-state index is 13.8. The molecule has 7 nitrogen and oxygen atoms in total. The number of benzene rings is 3. The predicted molar refractivity (Wildman–Crippen MR) is 159 cm³/mol. The van der Waals surface area contributed by atoms with Crippen LogP contribution in [-0.2, 0) is 19.7 Å². The highest BCUT2D eigenvalue weighted by molar-refractivity contribution is 5.98. The van der Waals surface area contributed by atoms with Gasteiger partial charge in [-0.15, -0.1) is 6.58 Å². The topological polar surface area (TPSA) is 76.2 Å². The molecule has 3 atom stereocenters. The highest BCUT2D eigenvalue weighted by atomic mass is 16.6. The molecule has 1 saturated carbocycles. The van der Waals surface area contributed by atoms with Gasteiger partial charge >= 0.3 is 11.9 Å². The molecule has 0 aromatic heterocycles. The molecule has 3 aromatic rings. The van der Waals surface area contributed by atoms with Gasteiger partial charge in [-0.25, -0.2) is 0 Å². The summed E-state index contributed by atoms with van der Waals surface area (Å²) < 4.78 is 11.8. The maximum absolute atomic E-state index is 13.8. The van der Waals surface area contributed by atoms with Crippen molar-refractivity contribution in [3.8, 4) is 5.75 Å². The van der Waals surface area contributed by atoms with Crippen molar-refractivity contribution in [2.24, 2.45) is 0 Å². The van der Waals surface area contributed by atoms with E-state index in [4.69, 9.17) is 9.47 Å². The maximum Gasteiger partial charge on any atom is 0.308 e. The Labute approximate surface area is 241 Å². The Morgan fingerprint density at radius 3 is 2.51 bits per heavy atom. The van der Waals surface area contributed by atoms with Gasteiger partial charge in [0.15, 0.2) is 0 Å². The van der Waals surface area contributed by atoms with Crippen molar-refractivity contribution in [2.75, 3.05) is 26.7 Å². The van der Waals surface area contributed by atoms with E-state index < -0.39 is 17.0 Å². The molecule has 1 aliphatic heterocycles. The number of esters is 2. The van der Waals surface area contributed by atoms with Crippen LogP contribution in [-0.4, -0.2) is 66.0 Å². The van der Waals surface area contributed by atoms with E-state index in [9.17, 15) is 14.4 Å². The van der Waals surface area contributed by atoms with Crippen molar-refractivity contribution in [2.45, 2.75) is 56.6 Å². The van der Waals surface area contributed by atoms with Crippen LogP contribution in [0.3, 0.4) is 0 Å². The molecule has 2 aliphatic rings. The first-order valence-corrected chi connectivity index (χ1v) is 14.2. The molecule has 3 aromatic carbocycles. The second kappa shape index (κ2) is 11.5. The number of likely N-dealkylation sites (tertiary alicyclic amines) is 1. The van der Waals surface area contributed by atoms with E-state index in [1.165, 1.54) is 13.8 Å².